The van der Waals surface area contributed by atoms with Gasteiger partial charge in [0.2, 0.25) is 5.91 Å². The van der Waals surface area contributed by atoms with Gasteiger partial charge in [-0.15, -0.1) is 0 Å². The number of carbonyl (C=O) groups is 1. The third-order valence-electron chi connectivity index (χ3n) is 5.00. The first-order valence-electron chi connectivity index (χ1n) is 9.25. The molecule has 1 amide bonds. The van der Waals surface area contributed by atoms with Gasteiger partial charge in [0.1, 0.15) is 6.61 Å². The number of fused-ring (bicyclic) bond motifs is 1. The molecule has 2 unspecified atom stereocenters. The Kier molecular flexibility index (Phi) is 6.15. The molecule has 25 heavy (non-hydrogen) atoms. The van der Waals surface area contributed by atoms with Gasteiger partial charge in [-0.05, 0) is 45.5 Å². The Bertz CT molecular complexity index is 581. The van der Waals surface area contributed by atoms with Gasteiger partial charge in [0, 0.05) is 19.1 Å². The Morgan fingerprint density at radius 3 is 2.92 bits per heavy atom. The van der Waals surface area contributed by atoms with Crippen LogP contribution in [0, 0.1) is 0 Å². The van der Waals surface area contributed by atoms with Gasteiger partial charge >= 0.3 is 0 Å². The molecule has 1 N–H and O–H groups in total. The lowest BCUT2D eigenvalue weighted by Gasteiger charge is -2.35. The fourth-order valence-corrected chi connectivity index (χ4v) is 3.53. The molecule has 0 spiro atoms. The lowest BCUT2D eigenvalue weighted by Crippen LogP contribution is -2.50. The molecule has 2 heterocycles. The van der Waals surface area contributed by atoms with E-state index in [1.54, 1.807) is 0 Å². The van der Waals surface area contributed by atoms with Crippen molar-refractivity contribution in [1.29, 1.82) is 0 Å². The minimum absolute atomic E-state index is 0.120. The number of hydrogen-bond acceptors (Lipinski definition) is 5. The Balaban J connectivity index is 1.53. The number of ether oxygens (including phenoxy) is 2. The van der Waals surface area contributed by atoms with Crippen LogP contribution in [0.15, 0.2) is 24.3 Å². The highest BCUT2D eigenvalue weighted by atomic mass is 16.6. The van der Waals surface area contributed by atoms with Gasteiger partial charge in [-0.2, -0.15) is 0 Å². The first-order chi connectivity index (χ1) is 12.2. The van der Waals surface area contributed by atoms with Gasteiger partial charge in [0.15, 0.2) is 17.6 Å². The summed E-state index contributed by atoms with van der Waals surface area (Å²) in [7, 11) is 1.99. The second kappa shape index (κ2) is 8.54. The molecular formula is C19H29N3O3. The number of nitrogens with one attached hydrogen (secondary N) is 1. The van der Waals surface area contributed by atoms with Crippen LogP contribution in [-0.2, 0) is 4.79 Å². The van der Waals surface area contributed by atoms with Gasteiger partial charge < -0.3 is 19.7 Å². The molecular weight excluding hydrogens is 318 g/mol. The minimum atomic E-state index is -0.120. The van der Waals surface area contributed by atoms with E-state index in [2.05, 4.69) is 10.2 Å². The number of likely N-dealkylation sites (N-methyl/N-ethyl adjacent to an activating group) is 2. The van der Waals surface area contributed by atoms with Crippen LogP contribution in [0.4, 0.5) is 0 Å². The maximum absolute atomic E-state index is 12.7. The SMILES string of the molecule is CCN(CC1COc2ccccc2O1)C(=O)CN1CCCC(NC)C1. The summed E-state index contributed by atoms with van der Waals surface area (Å²) in [5.74, 6) is 1.71. The molecule has 0 bridgehead atoms. The number of amides is 1. The summed E-state index contributed by atoms with van der Waals surface area (Å²) in [6.45, 7) is 6.16. The number of likely N-dealkylation sites (tertiary alicyclic amines) is 1. The van der Waals surface area contributed by atoms with Crippen molar-refractivity contribution >= 4 is 5.91 Å². The summed E-state index contributed by atoms with van der Waals surface area (Å²) >= 11 is 0. The highest BCUT2D eigenvalue weighted by molar-refractivity contribution is 5.78. The van der Waals surface area contributed by atoms with Gasteiger partial charge in [0.25, 0.3) is 0 Å². The average molecular weight is 347 g/mol. The predicted molar refractivity (Wildman–Crippen MR) is 97.1 cm³/mol. The molecule has 2 aliphatic rings. The third kappa shape index (κ3) is 4.64. The molecule has 1 aromatic carbocycles. The molecule has 1 aromatic rings. The molecule has 6 heteroatoms. The molecule has 6 nitrogen and oxygen atoms in total. The molecule has 3 rings (SSSR count). The number of hydrogen-bond donors (Lipinski definition) is 1. The normalized spacial score (nSPS) is 23.3. The summed E-state index contributed by atoms with van der Waals surface area (Å²) in [4.78, 5) is 16.9. The van der Waals surface area contributed by atoms with Crippen LogP contribution in [0.2, 0.25) is 0 Å². The van der Waals surface area contributed by atoms with E-state index >= 15 is 0 Å². The molecule has 2 aliphatic heterocycles. The van der Waals surface area contributed by atoms with Crippen LogP contribution in [0.1, 0.15) is 19.8 Å². The summed E-state index contributed by atoms with van der Waals surface area (Å²) < 4.78 is 11.8. The summed E-state index contributed by atoms with van der Waals surface area (Å²) in [5, 5.41) is 3.32. The van der Waals surface area contributed by atoms with Crippen molar-refractivity contribution in [3.05, 3.63) is 24.3 Å². The second-order valence-corrected chi connectivity index (χ2v) is 6.79. The number of rotatable bonds is 6. The summed E-state index contributed by atoms with van der Waals surface area (Å²) in [5.41, 5.74) is 0. The number of piperidine rings is 1. The Morgan fingerprint density at radius 2 is 2.16 bits per heavy atom. The van der Waals surface area contributed by atoms with Crippen molar-refractivity contribution in [3.63, 3.8) is 0 Å². The summed E-state index contributed by atoms with van der Waals surface area (Å²) in [6.07, 6.45) is 2.21. The summed E-state index contributed by atoms with van der Waals surface area (Å²) in [6, 6.07) is 8.17. The largest absolute Gasteiger partial charge is 0.486 e. The van der Waals surface area contributed by atoms with Crippen LogP contribution in [0.5, 0.6) is 11.5 Å². The Hall–Kier alpha value is -1.79. The molecule has 0 aliphatic carbocycles. The van der Waals surface area contributed by atoms with E-state index in [1.165, 1.54) is 6.42 Å². The maximum atomic E-state index is 12.7. The predicted octanol–water partition coefficient (Wildman–Crippen LogP) is 1.36. The van der Waals surface area contributed by atoms with Gasteiger partial charge in [0.05, 0.1) is 13.1 Å². The van der Waals surface area contributed by atoms with E-state index in [1.807, 2.05) is 43.1 Å². The van der Waals surface area contributed by atoms with Crippen molar-refractivity contribution in [2.24, 2.45) is 0 Å². The molecule has 1 saturated heterocycles. The minimum Gasteiger partial charge on any atom is -0.486 e. The van der Waals surface area contributed by atoms with Crippen LogP contribution in [-0.4, -0.2) is 74.2 Å². The van der Waals surface area contributed by atoms with Crippen molar-refractivity contribution in [3.8, 4) is 11.5 Å². The molecule has 0 aromatic heterocycles. The lowest BCUT2D eigenvalue weighted by atomic mass is 10.1. The fourth-order valence-electron chi connectivity index (χ4n) is 3.53. The first kappa shape index (κ1) is 18.0. The second-order valence-electron chi connectivity index (χ2n) is 6.79. The van der Waals surface area contributed by atoms with E-state index in [-0.39, 0.29) is 12.0 Å². The van der Waals surface area contributed by atoms with Gasteiger partial charge in [-0.1, -0.05) is 12.1 Å². The van der Waals surface area contributed by atoms with Crippen molar-refractivity contribution in [2.75, 3.05) is 46.4 Å². The van der Waals surface area contributed by atoms with Crippen LogP contribution in [0.25, 0.3) is 0 Å². The highest BCUT2D eigenvalue weighted by Crippen LogP contribution is 2.31. The topological polar surface area (TPSA) is 54.0 Å². The quantitative estimate of drug-likeness (QED) is 0.842. The van der Waals surface area contributed by atoms with Crippen LogP contribution < -0.4 is 14.8 Å². The van der Waals surface area contributed by atoms with Crippen molar-refractivity contribution < 1.29 is 14.3 Å². The van der Waals surface area contributed by atoms with Crippen LogP contribution in [0.3, 0.4) is 0 Å². The van der Waals surface area contributed by atoms with E-state index < -0.39 is 0 Å². The van der Waals surface area contributed by atoms with Crippen molar-refractivity contribution in [1.82, 2.24) is 15.1 Å². The first-order valence-corrected chi connectivity index (χ1v) is 9.25. The number of nitrogens with zero attached hydrogens (tertiary/aromatic N) is 2. The molecule has 0 saturated carbocycles. The van der Waals surface area contributed by atoms with E-state index in [9.17, 15) is 4.79 Å². The highest BCUT2D eigenvalue weighted by Gasteiger charge is 2.27. The monoisotopic (exact) mass is 347 g/mol. The van der Waals surface area contributed by atoms with Gasteiger partial charge in [-0.3, -0.25) is 9.69 Å². The van der Waals surface area contributed by atoms with Crippen LogP contribution >= 0.6 is 0 Å². The molecule has 0 radical (unpaired) electrons. The van der Waals surface area contributed by atoms with E-state index in [4.69, 9.17) is 9.47 Å². The lowest BCUT2D eigenvalue weighted by molar-refractivity contribution is -0.134. The van der Waals surface area contributed by atoms with E-state index in [0.29, 0.717) is 32.3 Å². The number of benzene rings is 1. The molecule has 138 valence electrons. The molecule has 1 fully saturated rings. The maximum Gasteiger partial charge on any atom is 0.236 e. The number of para-hydroxylation sites is 2. The standard InChI is InChI=1S/C19H29N3O3/c1-3-22(19(23)13-21-10-6-7-15(11-21)20-2)12-16-14-24-17-8-4-5-9-18(17)25-16/h4-5,8-9,15-16,20H,3,6-7,10-14H2,1-2H3. The average Bonchev–Trinajstić information content (AvgIpc) is 2.66. The smallest absolute Gasteiger partial charge is 0.236 e. The Morgan fingerprint density at radius 1 is 1.36 bits per heavy atom. The van der Waals surface area contributed by atoms with Gasteiger partial charge in [-0.25, -0.2) is 0 Å². The molecule has 2 atom stereocenters. The number of carbonyl (C=O) groups excluding carboxylic acids is 1. The zero-order chi connectivity index (χ0) is 17.6. The van der Waals surface area contributed by atoms with E-state index in [0.717, 1.165) is 31.0 Å². The van der Waals surface area contributed by atoms with Crippen molar-refractivity contribution in [2.45, 2.75) is 31.9 Å². The zero-order valence-corrected chi connectivity index (χ0v) is 15.2. The fraction of sp³-hybridized carbons (Fsp3) is 0.632. The third-order valence-corrected chi connectivity index (χ3v) is 5.00. The Labute approximate surface area is 150 Å². The zero-order valence-electron chi connectivity index (χ0n) is 15.2.